The summed E-state index contributed by atoms with van der Waals surface area (Å²) < 4.78 is 5.21. The van der Waals surface area contributed by atoms with Gasteiger partial charge in [0, 0.05) is 10.3 Å². The molecule has 1 atom stereocenters. The van der Waals surface area contributed by atoms with Crippen LogP contribution in [0.3, 0.4) is 0 Å². The summed E-state index contributed by atoms with van der Waals surface area (Å²) in [7, 11) is -0.368. The van der Waals surface area contributed by atoms with Gasteiger partial charge in [0.05, 0.1) is 0 Å². The van der Waals surface area contributed by atoms with Crippen molar-refractivity contribution in [2.24, 2.45) is 4.52 Å². The lowest BCUT2D eigenvalue weighted by molar-refractivity contribution is 0.704. The zero-order chi connectivity index (χ0) is 14.3. The Kier molecular flexibility index (Phi) is 5.25. The first-order chi connectivity index (χ1) is 7.13. The summed E-state index contributed by atoms with van der Waals surface area (Å²) in [5, 5.41) is 0.487. The minimum atomic E-state index is -1.75. The number of nitrogens with zero attached hydrogens (tertiary/aromatic N) is 1. The predicted octanol–water partition coefficient (Wildman–Crippen LogP) is 6.07. The molecule has 102 valence electrons. The molecule has 0 fully saturated rings. The van der Waals surface area contributed by atoms with E-state index in [9.17, 15) is 0 Å². The van der Waals surface area contributed by atoms with E-state index in [1.54, 1.807) is 0 Å². The van der Waals surface area contributed by atoms with Gasteiger partial charge in [-0.1, -0.05) is 57.9 Å². The minimum Gasteiger partial charge on any atom is -0.0794 e. The van der Waals surface area contributed by atoms with Crippen LogP contribution in [0.15, 0.2) is 4.52 Å². The molecule has 0 spiro atoms. The molecule has 17 heavy (non-hydrogen) atoms. The van der Waals surface area contributed by atoms with Crippen LogP contribution in [0.25, 0.3) is 0 Å². The van der Waals surface area contributed by atoms with Crippen LogP contribution >= 0.6 is 13.9 Å². The van der Waals surface area contributed by atoms with E-state index in [1.807, 2.05) is 0 Å². The Labute approximate surface area is 115 Å². The highest BCUT2D eigenvalue weighted by atomic mass is 32.4. The van der Waals surface area contributed by atoms with E-state index in [-0.39, 0.29) is 23.2 Å². The Morgan fingerprint density at radius 3 is 1.29 bits per heavy atom. The van der Waals surface area contributed by atoms with Crippen LogP contribution in [-0.2, 0) is 11.8 Å². The maximum absolute atomic E-state index is 6.08. The standard InChI is InChI=1S/C13H30NP2S/c1-11(2,3)15(10)14-16(17,12(4,5)6)13(7,8)9/h1-10H3/q+1. The van der Waals surface area contributed by atoms with Gasteiger partial charge in [-0.3, -0.25) is 0 Å². The van der Waals surface area contributed by atoms with Crippen LogP contribution in [0.2, 0.25) is 0 Å². The van der Waals surface area contributed by atoms with E-state index < -0.39 is 6.19 Å². The summed E-state index contributed by atoms with van der Waals surface area (Å²) in [4.78, 5) is 0. The third-order valence-corrected chi connectivity index (χ3v) is 14.7. The molecule has 1 nitrogen and oxygen atoms in total. The fourth-order valence-electron chi connectivity index (χ4n) is 1.60. The van der Waals surface area contributed by atoms with Crippen molar-refractivity contribution in [3.8, 4) is 0 Å². The molecule has 0 radical (unpaired) electrons. The highest BCUT2D eigenvalue weighted by molar-refractivity contribution is 8.16. The molecule has 0 aliphatic carbocycles. The van der Waals surface area contributed by atoms with E-state index in [4.69, 9.17) is 16.3 Å². The van der Waals surface area contributed by atoms with Crippen molar-refractivity contribution in [3.05, 3.63) is 0 Å². The van der Waals surface area contributed by atoms with Gasteiger partial charge in [0.25, 0.3) is 0 Å². The molecule has 0 aliphatic rings. The predicted molar refractivity (Wildman–Crippen MR) is 88.8 cm³/mol. The maximum atomic E-state index is 6.08. The van der Waals surface area contributed by atoms with E-state index in [1.165, 1.54) is 0 Å². The molecule has 0 saturated carbocycles. The van der Waals surface area contributed by atoms with Crippen LogP contribution in [-0.4, -0.2) is 22.1 Å². The summed E-state index contributed by atoms with van der Waals surface area (Å²) in [6.07, 6.45) is -1.75. The fraction of sp³-hybridized carbons (Fsp3) is 1.00. The molecular weight excluding hydrogens is 264 g/mol. The van der Waals surface area contributed by atoms with Crippen molar-refractivity contribution in [1.29, 1.82) is 0 Å². The van der Waals surface area contributed by atoms with Gasteiger partial charge in [0.15, 0.2) is 0 Å². The molecule has 1 unspecified atom stereocenters. The SMILES string of the molecule is C/[P+](=N\P(=S)(C(C)(C)C)C(C)(C)C)C(C)(C)C. The summed E-state index contributed by atoms with van der Waals surface area (Å²) in [6, 6.07) is 0. The van der Waals surface area contributed by atoms with Gasteiger partial charge >= 0.3 is 0 Å². The molecule has 0 bridgehead atoms. The summed E-state index contributed by atoms with van der Waals surface area (Å²) >= 11 is 6.08. The Morgan fingerprint density at radius 1 is 0.824 bits per heavy atom. The lowest BCUT2D eigenvalue weighted by Gasteiger charge is -2.39. The van der Waals surface area contributed by atoms with Crippen LogP contribution in [0.5, 0.6) is 0 Å². The van der Waals surface area contributed by atoms with Gasteiger partial charge in [0.2, 0.25) is 7.71 Å². The van der Waals surface area contributed by atoms with Crippen molar-refractivity contribution in [2.45, 2.75) is 77.8 Å². The fourth-order valence-corrected chi connectivity index (χ4v) is 9.33. The zero-order valence-electron chi connectivity index (χ0n) is 13.2. The van der Waals surface area contributed by atoms with Crippen molar-refractivity contribution >= 4 is 25.7 Å². The van der Waals surface area contributed by atoms with E-state index in [2.05, 4.69) is 69.0 Å². The Balaban J connectivity index is 5.83. The molecule has 0 aromatic heterocycles. The minimum absolute atomic E-state index is 0.114. The molecule has 0 aliphatic heterocycles. The van der Waals surface area contributed by atoms with E-state index in [0.717, 1.165) is 0 Å². The van der Waals surface area contributed by atoms with Crippen molar-refractivity contribution in [1.82, 2.24) is 0 Å². The number of hydrogen-bond acceptors (Lipinski definition) is 1. The molecule has 4 heteroatoms. The lowest BCUT2D eigenvalue weighted by Crippen LogP contribution is -2.27. The third-order valence-electron chi connectivity index (χ3n) is 3.05. The summed E-state index contributed by atoms with van der Waals surface area (Å²) in [6.45, 7) is 22.6. The zero-order valence-corrected chi connectivity index (χ0v) is 15.9. The van der Waals surface area contributed by atoms with E-state index in [0.29, 0.717) is 0 Å². The first-order valence-electron chi connectivity index (χ1n) is 6.20. The number of rotatable bonds is 1. The van der Waals surface area contributed by atoms with Crippen molar-refractivity contribution in [3.63, 3.8) is 0 Å². The molecule has 0 saturated heterocycles. The normalized spacial score (nSPS) is 16.2. The summed E-state index contributed by atoms with van der Waals surface area (Å²) in [5.74, 6) is 0. The largest absolute Gasteiger partial charge is 0.207 e. The highest BCUT2D eigenvalue weighted by Crippen LogP contribution is 2.71. The number of hydrogen-bond donors (Lipinski definition) is 0. The molecule has 0 amide bonds. The highest BCUT2D eigenvalue weighted by Gasteiger charge is 2.45. The quantitative estimate of drug-likeness (QED) is 0.534. The Bertz CT molecular complexity index is 333. The molecule has 0 rings (SSSR count). The van der Waals surface area contributed by atoms with Gasteiger partial charge in [-0.2, -0.15) is 0 Å². The topological polar surface area (TPSA) is 12.4 Å². The van der Waals surface area contributed by atoms with E-state index >= 15 is 0 Å². The Morgan fingerprint density at radius 2 is 1.12 bits per heavy atom. The average Bonchev–Trinajstić information content (AvgIpc) is 1.97. The second-order valence-electron chi connectivity index (χ2n) is 7.70. The van der Waals surface area contributed by atoms with Crippen molar-refractivity contribution < 1.29 is 0 Å². The van der Waals surface area contributed by atoms with Gasteiger partial charge in [-0.05, 0) is 20.8 Å². The van der Waals surface area contributed by atoms with Gasteiger partial charge < -0.3 is 0 Å². The van der Waals surface area contributed by atoms with Crippen molar-refractivity contribution in [2.75, 3.05) is 6.66 Å². The van der Waals surface area contributed by atoms with Crippen LogP contribution in [0, 0.1) is 0 Å². The van der Waals surface area contributed by atoms with Gasteiger partial charge in [-0.15, -0.1) is 0 Å². The molecule has 0 aromatic carbocycles. The van der Waals surface area contributed by atoms with Crippen LogP contribution < -0.4 is 0 Å². The second-order valence-corrected chi connectivity index (χ2v) is 16.2. The Hall–Kier alpha value is 0.750. The molecule has 0 aromatic rings. The maximum Gasteiger partial charge on any atom is 0.207 e. The molecular formula is C13H30NP2S+. The lowest BCUT2D eigenvalue weighted by atomic mass is 10.2. The monoisotopic (exact) mass is 294 g/mol. The van der Waals surface area contributed by atoms with Crippen LogP contribution in [0.4, 0.5) is 0 Å². The second kappa shape index (κ2) is 5.03. The first-order valence-corrected chi connectivity index (χ1v) is 10.7. The summed E-state index contributed by atoms with van der Waals surface area (Å²) in [5.41, 5.74) is 0. The van der Waals surface area contributed by atoms with Gasteiger partial charge in [0.1, 0.15) is 18.0 Å². The van der Waals surface area contributed by atoms with Crippen LogP contribution in [0.1, 0.15) is 62.3 Å². The average molecular weight is 294 g/mol. The smallest absolute Gasteiger partial charge is 0.0794 e. The molecule has 0 N–H and O–H groups in total. The molecule has 0 heterocycles. The third kappa shape index (κ3) is 4.12. The first kappa shape index (κ1) is 17.8. The van der Waals surface area contributed by atoms with Gasteiger partial charge in [-0.25, -0.2) is 0 Å².